The third-order valence-electron chi connectivity index (χ3n) is 4.65. The molecule has 28 heavy (non-hydrogen) atoms. The van der Waals surface area contributed by atoms with Gasteiger partial charge in [0.15, 0.2) is 0 Å². The fraction of sp³-hybridized carbons (Fsp3) is 0.429. The minimum absolute atomic E-state index is 0.185. The Morgan fingerprint density at radius 2 is 1.71 bits per heavy atom. The van der Waals surface area contributed by atoms with Gasteiger partial charge in [0, 0.05) is 37.2 Å². The SMILES string of the molecule is O[C@H](COCCOc1ccc(Br)cc1)CN1CCN(c2ccccc2F)CC1. The molecule has 0 aromatic heterocycles. The minimum Gasteiger partial charge on any atom is -0.491 e. The van der Waals surface area contributed by atoms with Crippen molar-refractivity contribution < 1.29 is 19.0 Å². The van der Waals surface area contributed by atoms with E-state index in [1.807, 2.05) is 41.3 Å². The number of β-amino-alcohol motifs (C(OH)–C–C–N with tert-alkyl or cyclic N) is 1. The molecule has 0 aliphatic carbocycles. The van der Waals surface area contributed by atoms with Crippen LogP contribution in [0.2, 0.25) is 0 Å². The van der Waals surface area contributed by atoms with E-state index in [0.29, 0.717) is 25.4 Å². The summed E-state index contributed by atoms with van der Waals surface area (Å²) in [4.78, 5) is 4.23. The van der Waals surface area contributed by atoms with Crippen LogP contribution in [-0.2, 0) is 4.74 Å². The number of aliphatic hydroxyl groups is 1. The molecule has 152 valence electrons. The second-order valence-corrected chi connectivity index (χ2v) is 7.69. The molecule has 1 N–H and O–H groups in total. The Kier molecular flexibility index (Phi) is 8.09. The second kappa shape index (κ2) is 10.8. The molecule has 0 radical (unpaired) electrons. The van der Waals surface area contributed by atoms with E-state index in [9.17, 15) is 9.50 Å². The van der Waals surface area contributed by atoms with Gasteiger partial charge in [-0.25, -0.2) is 4.39 Å². The number of rotatable bonds is 9. The first-order chi connectivity index (χ1) is 13.6. The Morgan fingerprint density at radius 3 is 2.43 bits per heavy atom. The number of nitrogens with zero attached hydrogens (tertiary/aromatic N) is 2. The molecule has 1 atom stereocenters. The number of anilines is 1. The van der Waals surface area contributed by atoms with Crippen LogP contribution in [0.25, 0.3) is 0 Å². The summed E-state index contributed by atoms with van der Waals surface area (Å²) in [6.07, 6.45) is -0.548. The molecule has 5 nitrogen and oxygen atoms in total. The highest BCUT2D eigenvalue weighted by Crippen LogP contribution is 2.20. The summed E-state index contributed by atoms with van der Waals surface area (Å²) in [5.74, 6) is 0.606. The van der Waals surface area contributed by atoms with Crippen molar-refractivity contribution in [3.05, 3.63) is 58.8 Å². The van der Waals surface area contributed by atoms with Crippen LogP contribution in [0.4, 0.5) is 10.1 Å². The zero-order valence-electron chi connectivity index (χ0n) is 15.8. The lowest BCUT2D eigenvalue weighted by molar-refractivity contribution is 0.00716. The first-order valence-electron chi connectivity index (χ1n) is 9.48. The highest BCUT2D eigenvalue weighted by atomic mass is 79.9. The number of para-hydroxylation sites is 1. The molecule has 2 aromatic carbocycles. The van der Waals surface area contributed by atoms with Crippen LogP contribution >= 0.6 is 15.9 Å². The van der Waals surface area contributed by atoms with Crippen molar-refractivity contribution in [1.29, 1.82) is 0 Å². The van der Waals surface area contributed by atoms with Crippen LogP contribution in [0, 0.1) is 5.82 Å². The van der Waals surface area contributed by atoms with Crippen LogP contribution in [0.15, 0.2) is 53.0 Å². The molecule has 1 heterocycles. The van der Waals surface area contributed by atoms with Crippen LogP contribution in [0.5, 0.6) is 5.75 Å². The normalized spacial score (nSPS) is 16.2. The van der Waals surface area contributed by atoms with Gasteiger partial charge >= 0.3 is 0 Å². The maximum Gasteiger partial charge on any atom is 0.146 e. The molecular weight excluding hydrogens is 427 g/mol. The maximum atomic E-state index is 13.9. The van der Waals surface area contributed by atoms with E-state index in [0.717, 1.165) is 36.4 Å². The number of hydrogen-bond donors (Lipinski definition) is 1. The smallest absolute Gasteiger partial charge is 0.146 e. The highest BCUT2D eigenvalue weighted by Gasteiger charge is 2.21. The number of halogens is 2. The third-order valence-corrected chi connectivity index (χ3v) is 5.18. The summed E-state index contributed by atoms with van der Waals surface area (Å²) < 4.78 is 26.0. The van der Waals surface area contributed by atoms with Crippen molar-refractivity contribution in [1.82, 2.24) is 4.90 Å². The molecule has 0 unspecified atom stereocenters. The molecule has 2 aromatic rings. The highest BCUT2D eigenvalue weighted by molar-refractivity contribution is 9.10. The van der Waals surface area contributed by atoms with E-state index in [4.69, 9.17) is 9.47 Å². The van der Waals surface area contributed by atoms with Crippen LogP contribution in [0.1, 0.15) is 0 Å². The Balaban J connectivity index is 1.29. The lowest BCUT2D eigenvalue weighted by atomic mass is 10.2. The lowest BCUT2D eigenvalue weighted by Crippen LogP contribution is -2.49. The second-order valence-electron chi connectivity index (χ2n) is 6.77. The number of ether oxygens (including phenoxy) is 2. The van der Waals surface area contributed by atoms with E-state index < -0.39 is 6.10 Å². The van der Waals surface area contributed by atoms with Crippen molar-refractivity contribution in [3.8, 4) is 5.75 Å². The van der Waals surface area contributed by atoms with Crippen LogP contribution in [-0.4, -0.2) is 68.7 Å². The Labute approximate surface area is 173 Å². The molecule has 1 aliphatic rings. The van der Waals surface area contributed by atoms with E-state index in [1.54, 1.807) is 6.07 Å². The molecule has 0 spiro atoms. The molecule has 1 fully saturated rings. The zero-order chi connectivity index (χ0) is 19.8. The van der Waals surface area contributed by atoms with Gasteiger partial charge in [-0.15, -0.1) is 0 Å². The standard InChI is InChI=1S/C21H26BrFN2O3/c22-17-5-7-19(8-6-17)28-14-13-27-16-18(26)15-24-9-11-25(12-10-24)21-4-2-1-3-20(21)23/h1-8,18,26H,9-16H2/t18-/m0/s1. The Bertz CT molecular complexity index is 724. The summed E-state index contributed by atoms with van der Waals surface area (Å²) in [6.45, 7) is 4.76. The predicted molar refractivity (Wildman–Crippen MR) is 112 cm³/mol. The lowest BCUT2D eigenvalue weighted by Gasteiger charge is -2.36. The first-order valence-corrected chi connectivity index (χ1v) is 10.3. The van der Waals surface area contributed by atoms with Crippen molar-refractivity contribution in [2.24, 2.45) is 0 Å². The molecule has 7 heteroatoms. The van der Waals surface area contributed by atoms with Crippen molar-refractivity contribution >= 4 is 21.6 Å². The van der Waals surface area contributed by atoms with Gasteiger partial charge in [-0.1, -0.05) is 28.1 Å². The number of hydrogen-bond acceptors (Lipinski definition) is 5. The van der Waals surface area contributed by atoms with Crippen molar-refractivity contribution in [3.63, 3.8) is 0 Å². The summed E-state index contributed by atoms with van der Waals surface area (Å²) in [7, 11) is 0. The molecule has 0 amide bonds. The fourth-order valence-corrected chi connectivity index (χ4v) is 3.46. The quantitative estimate of drug-likeness (QED) is 0.592. The monoisotopic (exact) mass is 452 g/mol. The van der Waals surface area contributed by atoms with Gasteiger partial charge < -0.3 is 19.5 Å². The molecule has 0 saturated carbocycles. The largest absolute Gasteiger partial charge is 0.491 e. The number of piperazine rings is 1. The van der Waals surface area contributed by atoms with Gasteiger partial charge in [-0.05, 0) is 36.4 Å². The summed E-state index contributed by atoms with van der Waals surface area (Å²) in [6, 6.07) is 14.5. The Hall–Kier alpha value is -1.67. The third kappa shape index (κ3) is 6.44. The summed E-state index contributed by atoms with van der Waals surface area (Å²) >= 11 is 3.38. The zero-order valence-corrected chi connectivity index (χ0v) is 17.4. The van der Waals surface area contributed by atoms with E-state index in [2.05, 4.69) is 20.8 Å². The summed E-state index contributed by atoms with van der Waals surface area (Å²) in [5, 5.41) is 10.2. The molecule has 3 rings (SSSR count). The van der Waals surface area contributed by atoms with Crippen LogP contribution < -0.4 is 9.64 Å². The predicted octanol–water partition coefficient (Wildman–Crippen LogP) is 3.17. The molecule has 0 bridgehead atoms. The van der Waals surface area contributed by atoms with E-state index in [1.165, 1.54) is 6.07 Å². The fourth-order valence-electron chi connectivity index (χ4n) is 3.20. The topological polar surface area (TPSA) is 45.2 Å². The van der Waals surface area contributed by atoms with Crippen LogP contribution in [0.3, 0.4) is 0 Å². The van der Waals surface area contributed by atoms with E-state index >= 15 is 0 Å². The number of benzene rings is 2. The van der Waals surface area contributed by atoms with E-state index in [-0.39, 0.29) is 12.4 Å². The average molecular weight is 453 g/mol. The van der Waals surface area contributed by atoms with Gasteiger partial charge in [0.05, 0.1) is 25.0 Å². The average Bonchev–Trinajstić information content (AvgIpc) is 2.70. The summed E-state index contributed by atoms with van der Waals surface area (Å²) in [5.41, 5.74) is 0.650. The minimum atomic E-state index is -0.548. The molecular formula is C21H26BrFN2O3. The maximum absolute atomic E-state index is 13.9. The molecule has 1 saturated heterocycles. The first kappa shape index (κ1) is 21.0. The van der Waals surface area contributed by atoms with Gasteiger partial charge in [0.25, 0.3) is 0 Å². The van der Waals surface area contributed by atoms with Gasteiger partial charge in [-0.3, -0.25) is 4.90 Å². The van der Waals surface area contributed by atoms with Gasteiger partial charge in [0.1, 0.15) is 18.2 Å². The molecule has 1 aliphatic heterocycles. The van der Waals surface area contributed by atoms with Gasteiger partial charge in [-0.2, -0.15) is 0 Å². The number of aliphatic hydroxyl groups excluding tert-OH is 1. The Morgan fingerprint density at radius 1 is 1.00 bits per heavy atom. The van der Waals surface area contributed by atoms with Crippen molar-refractivity contribution in [2.45, 2.75) is 6.10 Å². The van der Waals surface area contributed by atoms with Crippen molar-refractivity contribution in [2.75, 3.05) is 57.4 Å². The van der Waals surface area contributed by atoms with Gasteiger partial charge in [0.2, 0.25) is 0 Å².